The first kappa shape index (κ1) is 18.9. The maximum atomic E-state index is 13.3. The molecule has 5 rings (SSSR count). The Hall–Kier alpha value is -3.10. The summed E-state index contributed by atoms with van der Waals surface area (Å²) in [5.41, 5.74) is 3.35. The van der Waals surface area contributed by atoms with Gasteiger partial charge >= 0.3 is 0 Å². The fraction of sp³-hybridized carbons (Fsp3) is 0.364. The highest BCUT2D eigenvalue weighted by atomic mass is 16.3. The molecule has 2 aliphatic heterocycles. The molecule has 30 heavy (non-hydrogen) atoms. The van der Waals surface area contributed by atoms with Gasteiger partial charge in [0.2, 0.25) is 0 Å². The number of aromatic nitrogens is 4. The molecule has 8 nitrogen and oxygen atoms in total. The number of aliphatic hydroxyl groups is 1. The van der Waals surface area contributed by atoms with Crippen LogP contribution in [-0.2, 0) is 13.0 Å². The summed E-state index contributed by atoms with van der Waals surface area (Å²) in [5, 5.41) is 22.9. The Morgan fingerprint density at radius 1 is 1.17 bits per heavy atom. The van der Waals surface area contributed by atoms with Crippen molar-refractivity contribution in [2.24, 2.45) is 0 Å². The van der Waals surface area contributed by atoms with Crippen LogP contribution in [0.1, 0.15) is 33.6 Å². The zero-order valence-electron chi connectivity index (χ0n) is 16.8. The van der Waals surface area contributed by atoms with Gasteiger partial charge in [-0.3, -0.25) is 4.79 Å². The van der Waals surface area contributed by atoms with Crippen LogP contribution in [0.3, 0.4) is 0 Å². The van der Waals surface area contributed by atoms with Crippen molar-refractivity contribution >= 4 is 5.91 Å². The highest BCUT2D eigenvalue weighted by molar-refractivity contribution is 5.97. The van der Waals surface area contributed by atoms with Crippen molar-refractivity contribution in [3.05, 3.63) is 71.2 Å². The van der Waals surface area contributed by atoms with Gasteiger partial charge in [0.05, 0.1) is 29.6 Å². The van der Waals surface area contributed by atoms with Gasteiger partial charge in [-0.1, -0.05) is 24.3 Å². The van der Waals surface area contributed by atoms with Crippen LogP contribution in [0.15, 0.2) is 48.8 Å². The minimum absolute atomic E-state index is 0.167. The predicted octanol–water partition coefficient (Wildman–Crippen LogP) is 1.26. The molecule has 1 amide bonds. The van der Waals surface area contributed by atoms with Gasteiger partial charge in [0.1, 0.15) is 0 Å². The van der Waals surface area contributed by atoms with Crippen molar-refractivity contribution < 1.29 is 9.90 Å². The Bertz CT molecular complexity index is 1080. The molecule has 0 aliphatic carbocycles. The van der Waals surface area contributed by atoms with E-state index in [4.69, 9.17) is 0 Å². The Kier molecular flexibility index (Phi) is 4.60. The number of aryl methyl sites for hydroxylation is 1. The van der Waals surface area contributed by atoms with Crippen molar-refractivity contribution in [3.8, 4) is 5.82 Å². The summed E-state index contributed by atoms with van der Waals surface area (Å²) in [5.74, 6) is 0.240. The molecule has 4 heterocycles. The second-order valence-electron chi connectivity index (χ2n) is 8.11. The fourth-order valence-electron chi connectivity index (χ4n) is 4.51. The fourth-order valence-corrected chi connectivity index (χ4v) is 4.51. The number of rotatable bonds is 2. The number of amides is 1. The molecule has 2 N–H and O–H groups in total. The number of fused-ring (bicyclic) bond motifs is 1. The van der Waals surface area contributed by atoms with E-state index in [1.54, 1.807) is 23.4 Å². The number of pyridine rings is 1. The van der Waals surface area contributed by atoms with E-state index in [9.17, 15) is 9.90 Å². The number of likely N-dealkylation sites (tertiary alicyclic amines) is 1. The quantitative estimate of drug-likeness (QED) is 0.668. The van der Waals surface area contributed by atoms with Gasteiger partial charge < -0.3 is 15.3 Å². The first-order valence-corrected chi connectivity index (χ1v) is 10.2. The lowest BCUT2D eigenvalue weighted by Crippen LogP contribution is -2.65. The normalized spacial score (nSPS) is 23.4. The molecule has 1 fully saturated rings. The topological polar surface area (TPSA) is 96.2 Å². The maximum Gasteiger partial charge on any atom is 0.257 e. The lowest BCUT2D eigenvalue weighted by atomic mass is 9.76. The Morgan fingerprint density at radius 3 is 2.70 bits per heavy atom. The standard InChI is InChI=1S/C22H24N6O2/c1-15-6-7-18(20(26-15)28-24-9-10-25-28)21(30)27-11-8-22(19(29)14-27)12-16-4-2-3-5-17(16)13-23-22/h2-7,9-10,19,23,29H,8,11-14H2,1H3/t19-,22+/m1/s1. The third kappa shape index (κ3) is 3.18. The number of hydrogen-bond acceptors (Lipinski definition) is 6. The molecule has 2 atom stereocenters. The van der Waals surface area contributed by atoms with E-state index in [0.717, 1.165) is 18.7 Å². The van der Waals surface area contributed by atoms with Gasteiger partial charge in [-0.05, 0) is 43.0 Å². The second kappa shape index (κ2) is 7.30. The van der Waals surface area contributed by atoms with Crippen molar-refractivity contribution in [2.45, 2.75) is 38.0 Å². The molecule has 2 aromatic heterocycles. The average Bonchev–Trinajstić information content (AvgIpc) is 3.30. The number of carbonyl (C=O) groups is 1. The van der Waals surface area contributed by atoms with Gasteiger partial charge in [0.15, 0.2) is 5.82 Å². The van der Waals surface area contributed by atoms with Crippen LogP contribution in [-0.4, -0.2) is 60.6 Å². The summed E-state index contributed by atoms with van der Waals surface area (Å²) >= 11 is 0. The van der Waals surface area contributed by atoms with Crippen LogP contribution in [0.5, 0.6) is 0 Å². The highest BCUT2D eigenvalue weighted by Gasteiger charge is 2.45. The zero-order chi connectivity index (χ0) is 20.7. The van der Waals surface area contributed by atoms with E-state index in [-0.39, 0.29) is 12.5 Å². The van der Waals surface area contributed by atoms with Crippen LogP contribution in [0.25, 0.3) is 5.82 Å². The SMILES string of the molecule is Cc1ccc(C(=O)N2CC[C@]3(Cc4ccccc4CN3)[C@H](O)C2)c(-n2nccn2)n1. The van der Waals surface area contributed by atoms with Gasteiger partial charge in [0.25, 0.3) is 5.91 Å². The third-order valence-electron chi connectivity index (χ3n) is 6.25. The summed E-state index contributed by atoms with van der Waals surface area (Å²) < 4.78 is 0. The molecule has 8 heteroatoms. The van der Waals surface area contributed by atoms with Crippen molar-refractivity contribution in [3.63, 3.8) is 0 Å². The van der Waals surface area contributed by atoms with E-state index in [0.29, 0.717) is 24.3 Å². The molecule has 0 radical (unpaired) electrons. The van der Waals surface area contributed by atoms with Gasteiger partial charge in [0, 0.05) is 25.3 Å². The molecule has 0 unspecified atom stereocenters. The Labute approximate surface area is 174 Å². The highest BCUT2D eigenvalue weighted by Crippen LogP contribution is 2.32. The molecule has 1 aromatic carbocycles. The molecule has 3 aromatic rings. The first-order valence-electron chi connectivity index (χ1n) is 10.2. The molecule has 154 valence electrons. The van der Waals surface area contributed by atoms with E-state index < -0.39 is 11.6 Å². The Morgan fingerprint density at radius 2 is 1.93 bits per heavy atom. The number of benzene rings is 1. The van der Waals surface area contributed by atoms with Crippen molar-refractivity contribution in [2.75, 3.05) is 13.1 Å². The summed E-state index contributed by atoms with van der Waals surface area (Å²) in [6.45, 7) is 3.43. The van der Waals surface area contributed by atoms with Gasteiger partial charge in [-0.15, -0.1) is 4.80 Å². The van der Waals surface area contributed by atoms with Crippen LogP contribution in [0, 0.1) is 6.92 Å². The van der Waals surface area contributed by atoms with Gasteiger partial charge in [-0.2, -0.15) is 10.2 Å². The number of aliphatic hydroxyl groups excluding tert-OH is 1. The number of nitrogens with zero attached hydrogens (tertiary/aromatic N) is 5. The number of β-amino-alcohol motifs (C(OH)–C–C–N with tert-alkyl or cyclic N) is 1. The average molecular weight is 404 g/mol. The van der Waals surface area contributed by atoms with Gasteiger partial charge in [-0.25, -0.2) is 4.98 Å². The molecule has 0 saturated carbocycles. The zero-order valence-corrected chi connectivity index (χ0v) is 16.8. The van der Waals surface area contributed by atoms with Crippen molar-refractivity contribution in [1.82, 2.24) is 30.2 Å². The number of carbonyl (C=O) groups excluding carboxylic acids is 1. The monoisotopic (exact) mass is 404 g/mol. The summed E-state index contributed by atoms with van der Waals surface area (Å²) in [7, 11) is 0. The molecule has 1 saturated heterocycles. The summed E-state index contributed by atoms with van der Waals surface area (Å²) in [6.07, 6.45) is 3.90. The van der Waals surface area contributed by atoms with Crippen LogP contribution in [0.4, 0.5) is 0 Å². The minimum atomic E-state index is -0.659. The van der Waals surface area contributed by atoms with E-state index in [2.05, 4.69) is 32.6 Å². The van der Waals surface area contributed by atoms with Crippen LogP contribution in [0.2, 0.25) is 0 Å². The largest absolute Gasteiger partial charge is 0.389 e. The maximum absolute atomic E-state index is 13.3. The number of piperidine rings is 1. The molecule has 0 bridgehead atoms. The summed E-state index contributed by atoms with van der Waals surface area (Å²) in [6, 6.07) is 11.9. The third-order valence-corrected chi connectivity index (χ3v) is 6.25. The van der Waals surface area contributed by atoms with Crippen LogP contribution < -0.4 is 5.32 Å². The minimum Gasteiger partial charge on any atom is -0.389 e. The lowest BCUT2D eigenvalue weighted by Gasteiger charge is -2.48. The molecule has 2 aliphatic rings. The molecule has 1 spiro atoms. The Balaban J connectivity index is 1.38. The van der Waals surface area contributed by atoms with E-state index >= 15 is 0 Å². The number of hydrogen-bond donors (Lipinski definition) is 2. The number of nitrogens with one attached hydrogen (secondary N) is 1. The predicted molar refractivity (Wildman–Crippen MR) is 110 cm³/mol. The van der Waals surface area contributed by atoms with E-state index in [1.165, 1.54) is 15.9 Å². The van der Waals surface area contributed by atoms with Crippen molar-refractivity contribution in [1.29, 1.82) is 0 Å². The lowest BCUT2D eigenvalue weighted by molar-refractivity contribution is -0.0138. The summed E-state index contributed by atoms with van der Waals surface area (Å²) in [4.78, 5) is 20.9. The second-order valence-corrected chi connectivity index (χ2v) is 8.11. The molecular formula is C22H24N6O2. The van der Waals surface area contributed by atoms with Crippen LogP contribution >= 0.6 is 0 Å². The smallest absolute Gasteiger partial charge is 0.257 e. The molecular weight excluding hydrogens is 380 g/mol. The van der Waals surface area contributed by atoms with E-state index in [1.807, 2.05) is 25.1 Å². The first-order chi connectivity index (χ1) is 14.6.